The van der Waals surface area contributed by atoms with E-state index in [4.69, 9.17) is 4.74 Å². The zero-order chi connectivity index (χ0) is 16.1. The Kier molecular flexibility index (Phi) is 5.39. The van der Waals surface area contributed by atoms with E-state index in [-0.39, 0.29) is 0 Å². The summed E-state index contributed by atoms with van der Waals surface area (Å²) < 4.78 is 5.72. The van der Waals surface area contributed by atoms with E-state index in [1.165, 1.54) is 6.42 Å². The first-order chi connectivity index (χ1) is 11.3. The second kappa shape index (κ2) is 7.68. The van der Waals surface area contributed by atoms with Gasteiger partial charge in [-0.1, -0.05) is 12.1 Å². The third kappa shape index (κ3) is 3.96. The molecule has 2 aliphatic rings. The predicted octanol–water partition coefficient (Wildman–Crippen LogP) is 1.88. The molecule has 1 aromatic rings. The van der Waals surface area contributed by atoms with Gasteiger partial charge in [-0.25, -0.2) is 0 Å². The van der Waals surface area contributed by atoms with Crippen LogP contribution in [0.5, 0.6) is 5.75 Å². The molecule has 1 N–H and O–H groups in total. The Morgan fingerprint density at radius 1 is 1.26 bits per heavy atom. The van der Waals surface area contributed by atoms with Crippen LogP contribution in [0.1, 0.15) is 26.2 Å². The van der Waals surface area contributed by atoms with Crippen molar-refractivity contribution in [3.8, 4) is 5.75 Å². The third-order valence-electron chi connectivity index (χ3n) is 4.72. The van der Waals surface area contributed by atoms with Crippen LogP contribution < -0.4 is 15.0 Å². The summed E-state index contributed by atoms with van der Waals surface area (Å²) in [7, 11) is 0. The molecular formula is C18H27N3O2. The van der Waals surface area contributed by atoms with Crippen molar-refractivity contribution in [2.45, 2.75) is 32.2 Å². The van der Waals surface area contributed by atoms with Crippen LogP contribution in [0.4, 0.5) is 5.69 Å². The number of nitrogens with zero attached hydrogens (tertiary/aromatic N) is 2. The monoisotopic (exact) mass is 317 g/mol. The van der Waals surface area contributed by atoms with E-state index >= 15 is 0 Å². The van der Waals surface area contributed by atoms with E-state index in [2.05, 4.69) is 16.3 Å². The average Bonchev–Trinajstić information content (AvgIpc) is 3.09. The van der Waals surface area contributed by atoms with Gasteiger partial charge < -0.3 is 19.9 Å². The summed E-state index contributed by atoms with van der Waals surface area (Å²) in [5.41, 5.74) is 1.14. The zero-order valence-corrected chi connectivity index (χ0v) is 14.0. The van der Waals surface area contributed by atoms with Crippen molar-refractivity contribution in [3.05, 3.63) is 24.3 Å². The molecule has 0 radical (unpaired) electrons. The summed E-state index contributed by atoms with van der Waals surface area (Å²) >= 11 is 0. The van der Waals surface area contributed by atoms with Crippen molar-refractivity contribution in [1.29, 1.82) is 0 Å². The summed E-state index contributed by atoms with van der Waals surface area (Å²) in [5.74, 6) is 1.23. The minimum atomic E-state index is 0.294. The quantitative estimate of drug-likeness (QED) is 0.900. The normalized spacial score (nSPS) is 21.5. The first kappa shape index (κ1) is 16.1. The second-order valence-corrected chi connectivity index (χ2v) is 6.27. The lowest BCUT2D eigenvalue weighted by Gasteiger charge is -2.37. The number of anilines is 1. The number of para-hydroxylation sites is 2. The summed E-state index contributed by atoms with van der Waals surface area (Å²) in [6.45, 7) is 7.06. The van der Waals surface area contributed by atoms with Gasteiger partial charge in [-0.3, -0.25) is 4.79 Å². The second-order valence-electron chi connectivity index (χ2n) is 6.27. The van der Waals surface area contributed by atoms with Gasteiger partial charge in [0.1, 0.15) is 5.75 Å². The largest absolute Gasteiger partial charge is 0.492 e. The number of carbonyl (C=O) groups is 1. The van der Waals surface area contributed by atoms with Crippen LogP contribution >= 0.6 is 0 Å². The summed E-state index contributed by atoms with van der Waals surface area (Å²) in [6.07, 6.45) is 2.98. The molecule has 5 nitrogen and oxygen atoms in total. The topological polar surface area (TPSA) is 44.8 Å². The molecule has 2 fully saturated rings. The van der Waals surface area contributed by atoms with Crippen molar-refractivity contribution in [1.82, 2.24) is 10.2 Å². The maximum absolute atomic E-state index is 12.4. The van der Waals surface area contributed by atoms with Gasteiger partial charge >= 0.3 is 0 Å². The van der Waals surface area contributed by atoms with E-state index < -0.39 is 0 Å². The van der Waals surface area contributed by atoms with Crippen molar-refractivity contribution in [2.24, 2.45) is 0 Å². The maximum Gasteiger partial charge on any atom is 0.224 e. The fourth-order valence-electron chi connectivity index (χ4n) is 3.46. The molecular weight excluding hydrogens is 290 g/mol. The SMILES string of the molecule is CCOc1ccccc1N1CCN(C(=O)CC2CCCN2)CC1. The molecule has 1 unspecified atom stereocenters. The van der Waals surface area contributed by atoms with Crippen LogP contribution in [0.25, 0.3) is 0 Å². The number of hydrogen-bond acceptors (Lipinski definition) is 4. The standard InChI is InChI=1S/C18H27N3O2/c1-2-23-17-8-4-3-7-16(17)20-10-12-21(13-11-20)18(22)14-15-6-5-9-19-15/h3-4,7-8,15,19H,2,5-6,9-14H2,1H3. The van der Waals surface area contributed by atoms with Crippen molar-refractivity contribution < 1.29 is 9.53 Å². The molecule has 23 heavy (non-hydrogen) atoms. The van der Waals surface area contributed by atoms with Crippen LogP contribution in [-0.2, 0) is 4.79 Å². The molecule has 2 aliphatic heterocycles. The van der Waals surface area contributed by atoms with E-state index in [0.29, 0.717) is 25.0 Å². The lowest BCUT2D eigenvalue weighted by molar-refractivity contribution is -0.131. The zero-order valence-electron chi connectivity index (χ0n) is 14.0. The lowest BCUT2D eigenvalue weighted by Crippen LogP contribution is -2.49. The van der Waals surface area contributed by atoms with Crippen molar-refractivity contribution in [3.63, 3.8) is 0 Å². The summed E-state index contributed by atoms with van der Waals surface area (Å²) in [4.78, 5) is 16.7. The molecule has 2 saturated heterocycles. The number of nitrogens with one attached hydrogen (secondary N) is 1. The van der Waals surface area contributed by atoms with Crippen LogP contribution in [0.2, 0.25) is 0 Å². The maximum atomic E-state index is 12.4. The fraction of sp³-hybridized carbons (Fsp3) is 0.611. The Morgan fingerprint density at radius 2 is 2.04 bits per heavy atom. The van der Waals surface area contributed by atoms with Crippen molar-refractivity contribution in [2.75, 3.05) is 44.2 Å². The number of rotatable bonds is 5. The first-order valence-corrected chi connectivity index (χ1v) is 8.76. The fourth-order valence-corrected chi connectivity index (χ4v) is 3.46. The van der Waals surface area contributed by atoms with Gasteiger partial charge in [0, 0.05) is 38.6 Å². The molecule has 0 saturated carbocycles. The number of benzene rings is 1. The molecule has 1 aromatic carbocycles. The number of carbonyl (C=O) groups excluding carboxylic acids is 1. The van der Waals surface area contributed by atoms with Crippen LogP contribution in [-0.4, -0.2) is 56.2 Å². The Hall–Kier alpha value is -1.75. The Balaban J connectivity index is 1.54. The van der Waals surface area contributed by atoms with Crippen LogP contribution in [0.15, 0.2) is 24.3 Å². The molecule has 0 bridgehead atoms. The number of piperazine rings is 1. The van der Waals surface area contributed by atoms with Gasteiger partial charge in [0.25, 0.3) is 0 Å². The molecule has 3 rings (SSSR count). The summed E-state index contributed by atoms with van der Waals surface area (Å²) in [5, 5.41) is 3.41. The van der Waals surface area contributed by atoms with Crippen LogP contribution in [0.3, 0.4) is 0 Å². The lowest BCUT2D eigenvalue weighted by atomic mass is 10.1. The average molecular weight is 317 g/mol. The number of ether oxygens (including phenoxy) is 1. The van der Waals surface area contributed by atoms with Crippen molar-refractivity contribution >= 4 is 11.6 Å². The molecule has 5 heteroatoms. The molecule has 0 aromatic heterocycles. The molecule has 126 valence electrons. The van der Waals surface area contributed by atoms with E-state index in [0.717, 1.165) is 50.6 Å². The van der Waals surface area contributed by atoms with E-state index in [1.54, 1.807) is 0 Å². The predicted molar refractivity (Wildman–Crippen MR) is 92.0 cm³/mol. The van der Waals surface area contributed by atoms with Gasteiger partial charge in [0.05, 0.1) is 12.3 Å². The van der Waals surface area contributed by atoms with Gasteiger partial charge in [-0.05, 0) is 38.4 Å². The highest BCUT2D eigenvalue weighted by Crippen LogP contribution is 2.28. The van der Waals surface area contributed by atoms with Gasteiger partial charge in [-0.15, -0.1) is 0 Å². The van der Waals surface area contributed by atoms with Gasteiger partial charge in [0.15, 0.2) is 0 Å². The van der Waals surface area contributed by atoms with E-state index in [1.807, 2.05) is 30.0 Å². The molecule has 2 heterocycles. The number of amides is 1. The Bertz CT molecular complexity index is 521. The third-order valence-corrected chi connectivity index (χ3v) is 4.72. The van der Waals surface area contributed by atoms with E-state index in [9.17, 15) is 4.79 Å². The first-order valence-electron chi connectivity index (χ1n) is 8.76. The van der Waals surface area contributed by atoms with Gasteiger partial charge in [-0.2, -0.15) is 0 Å². The highest BCUT2D eigenvalue weighted by atomic mass is 16.5. The number of hydrogen-bond donors (Lipinski definition) is 1. The molecule has 0 aliphatic carbocycles. The smallest absolute Gasteiger partial charge is 0.224 e. The minimum Gasteiger partial charge on any atom is -0.492 e. The Labute approximate surface area is 138 Å². The molecule has 1 atom stereocenters. The Morgan fingerprint density at radius 3 is 2.74 bits per heavy atom. The molecule has 1 amide bonds. The van der Waals surface area contributed by atoms with Gasteiger partial charge in [0.2, 0.25) is 5.91 Å². The molecule has 0 spiro atoms. The highest BCUT2D eigenvalue weighted by Gasteiger charge is 2.25. The highest BCUT2D eigenvalue weighted by molar-refractivity contribution is 5.77. The summed E-state index contributed by atoms with van der Waals surface area (Å²) in [6, 6.07) is 8.55. The minimum absolute atomic E-state index is 0.294. The van der Waals surface area contributed by atoms with Crippen LogP contribution in [0, 0.1) is 0 Å².